The van der Waals surface area contributed by atoms with E-state index in [0.717, 1.165) is 18.6 Å². The van der Waals surface area contributed by atoms with E-state index in [-0.39, 0.29) is 18.9 Å². The lowest BCUT2D eigenvalue weighted by Gasteiger charge is -2.10. The van der Waals surface area contributed by atoms with Gasteiger partial charge < -0.3 is 10.1 Å². The molecule has 1 aromatic rings. The maximum absolute atomic E-state index is 12.5. The highest BCUT2D eigenvalue weighted by molar-refractivity contribution is 5.91. The lowest BCUT2D eigenvalue weighted by Crippen LogP contribution is -2.26. The third-order valence-electron chi connectivity index (χ3n) is 3.68. The lowest BCUT2D eigenvalue weighted by atomic mass is 10.1. The lowest BCUT2D eigenvalue weighted by molar-refractivity contribution is -0.139. The summed E-state index contributed by atoms with van der Waals surface area (Å²) in [5, 5.41) is 2.68. The van der Waals surface area contributed by atoms with E-state index in [9.17, 15) is 22.8 Å². The van der Waals surface area contributed by atoms with Gasteiger partial charge in [-0.05, 0) is 43.9 Å². The average Bonchev–Trinajstić information content (AvgIpc) is 2.95. The predicted octanol–water partition coefficient (Wildman–Crippen LogP) is 3.37. The van der Waals surface area contributed by atoms with Crippen molar-refractivity contribution in [3.05, 3.63) is 46.7 Å². The van der Waals surface area contributed by atoms with Gasteiger partial charge in [0.1, 0.15) is 0 Å². The van der Waals surface area contributed by atoms with Crippen molar-refractivity contribution in [1.82, 2.24) is 5.32 Å². The zero-order valence-electron chi connectivity index (χ0n) is 13.2. The topological polar surface area (TPSA) is 55.4 Å². The highest BCUT2D eigenvalue weighted by atomic mass is 19.4. The first-order valence-corrected chi connectivity index (χ1v) is 7.66. The van der Waals surface area contributed by atoms with Crippen molar-refractivity contribution in [3.63, 3.8) is 0 Å². The maximum atomic E-state index is 12.5. The molecule has 1 N–H and O–H groups in total. The SMILES string of the molecule is CCOC(=O)C1=C(NC(=O)Cc2ccc(C(F)(F)F)cc2)CCC1. The fourth-order valence-electron chi connectivity index (χ4n) is 2.53. The number of amides is 1. The minimum atomic E-state index is -4.40. The summed E-state index contributed by atoms with van der Waals surface area (Å²) in [7, 11) is 0. The number of carbonyl (C=O) groups is 2. The Morgan fingerprint density at radius 1 is 1.17 bits per heavy atom. The number of nitrogens with one attached hydrogen (secondary N) is 1. The number of allylic oxidation sites excluding steroid dienone is 1. The summed E-state index contributed by atoms with van der Waals surface area (Å²) in [6, 6.07) is 4.44. The summed E-state index contributed by atoms with van der Waals surface area (Å²) in [5.41, 5.74) is 0.731. The number of hydrogen-bond donors (Lipinski definition) is 1. The van der Waals surface area contributed by atoms with Crippen molar-refractivity contribution in [3.8, 4) is 0 Å². The Kier molecular flexibility index (Phi) is 5.64. The number of esters is 1. The number of rotatable bonds is 5. The van der Waals surface area contributed by atoms with Crippen LogP contribution in [0.1, 0.15) is 37.3 Å². The van der Waals surface area contributed by atoms with E-state index in [2.05, 4.69) is 5.32 Å². The third kappa shape index (κ3) is 4.59. The molecule has 24 heavy (non-hydrogen) atoms. The van der Waals surface area contributed by atoms with Gasteiger partial charge in [0.25, 0.3) is 0 Å². The van der Waals surface area contributed by atoms with Crippen molar-refractivity contribution in [2.45, 2.75) is 38.8 Å². The molecule has 0 aliphatic heterocycles. The third-order valence-corrected chi connectivity index (χ3v) is 3.68. The molecule has 4 nitrogen and oxygen atoms in total. The van der Waals surface area contributed by atoms with Crippen LogP contribution in [-0.4, -0.2) is 18.5 Å². The van der Waals surface area contributed by atoms with Gasteiger partial charge in [-0.3, -0.25) is 4.79 Å². The van der Waals surface area contributed by atoms with Crippen LogP contribution >= 0.6 is 0 Å². The van der Waals surface area contributed by atoms with Crippen LogP contribution in [-0.2, 0) is 26.9 Å². The van der Waals surface area contributed by atoms with Gasteiger partial charge in [-0.2, -0.15) is 13.2 Å². The molecule has 0 spiro atoms. The summed E-state index contributed by atoms with van der Waals surface area (Å²) in [6.45, 7) is 1.96. The first-order chi connectivity index (χ1) is 11.3. The van der Waals surface area contributed by atoms with E-state index in [1.54, 1.807) is 6.92 Å². The van der Waals surface area contributed by atoms with Gasteiger partial charge in [0, 0.05) is 5.70 Å². The smallest absolute Gasteiger partial charge is 0.416 e. The van der Waals surface area contributed by atoms with Crippen LogP contribution in [0.4, 0.5) is 13.2 Å². The Bertz CT molecular complexity index is 648. The number of halogens is 3. The highest BCUT2D eigenvalue weighted by Crippen LogP contribution is 2.29. The van der Waals surface area contributed by atoms with Gasteiger partial charge in [-0.1, -0.05) is 12.1 Å². The van der Waals surface area contributed by atoms with E-state index in [0.29, 0.717) is 29.7 Å². The van der Waals surface area contributed by atoms with Gasteiger partial charge in [-0.15, -0.1) is 0 Å². The van der Waals surface area contributed by atoms with Crippen LogP contribution in [0.15, 0.2) is 35.5 Å². The molecule has 7 heteroatoms. The summed E-state index contributed by atoms with van der Waals surface area (Å²) < 4.78 is 42.5. The molecule has 130 valence electrons. The van der Waals surface area contributed by atoms with Crippen molar-refractivity contribution < 1.29 is 27.5 Å². The number of hydrogen-bond acceptors (Lipinski definition) is 3. The maximum Gasteiger partial charge on any atom is 0.416 e. The predicted molar refractivity (Wildman–Crippen MR) is 80.8 cm³/mol. The van der Waals surface area contributed by atoms with Gasteiger partial charge in [0.2, 0.25) is 5.91 Å². The Labute approximate surface area is 137 Å². The summed E-state index contributed by atoms with van der Waals surface area (Å²) in [6.07, 6.45) is -2.58. The molecule has 1 aromatic carbocycles. The van der Waals surface area contributed by atoms with Gasteiger partial charge in [-0.25, -0.2) is 4.79 Å². The first-order valence-electron chi connectivity index (χ1n) is 7.66. The normalized spacial score (nSPS) is 14.7. The second-order valence-electron chi connectivity index (χ2n) is 5.45. The largest absolute Gasteiger partial charge is 0.463 e. The molecule has 0 radical (unpaired) electrons. The molecule has 0 heterocycles. The van der Waals surface area contributed by atoms with Crippen LogP contribution in [0.5, 0.6) is 0 Å². The minimum absolute atomic E-state index is 0.0578. The van der Waals surface area contributed by atoms with E-state index < -0.39 is 17.7 Å². The fraction of sp³-hybridized carbons (Fsp3) is 0.412. The minimum Gasteiger partial charge on any atom is -0.463 e. The Morgan fingerprint density at radius 2 is 1.83 bits per heavy atom. The molecule has 0 aromatic heterocycles. The number of alkyl halides is 3. The number of ether oxygens (including phenoxy) is 1. The second-order valence-corrected chi connectivity index (χ2v) is 5.45. The molecule has 0 unspecified atom stereocenters. The number of benzene rings is 1. The zero-order chi connectivity index (χ0) is 17.7. The fourth-order valence-corrected chi connectivity index (χ4v) is 2.53. The molecule has 1 aliphatic rings. The molecule has 1 aliphatic carbocycles. The van der Waals surface area contributed by atoms with Gasteiger partial charge in [0.15, 0.2) is 0 Å². The van der Waals surface area contributed by atoms with Gasteiger partial charge >= 0.3 is 12.1 Å². The standard InChI is InChI=1S/C17H18F3NO3/c1-2-24-16(23)13-4-3-5-14(13)21-15(22)10-11-6-8-12(9-7-11)17(18,19)20/h6-9H,2-5,10H2,1H3,(H,21,22). The Balaban J connectivity index is 2.00. The molecule has 0 saturated heterocycles. The quantitative estimate of drug-likeness (QED) is 0.836. The molecule has 0 fully saturated rings. The van der Waals surface area contributed by atoms with Crippen molar-refractivity contribution in [2.75, 3.05) is 6.61 Å². The van der Waals surface area contributed by atoms with Crippen molar-refractivity contribution >= 4 is 11.9 Å². The molecule has 0 atom stereocenters. The molecular formula is C17H18F3NO3. The summed E-state index contributed by atoms with van der Waals surface area (Å²) in [5.74, 6) is -0.798. The molecule has 0 bridgehead atoms. The van der Waals surface area contributed by atoms with Crippen LogP contribution in [0.2, 0.25) is 0 Å². The number of carbonyl (C=O) groups excluding carboxylic acids is 2. The van der Waals surface area contributed by atoms with Crippen LogP contribution in [0.25, 0.3) is 0 Å². The van der Waals surface area contributed by atoms with Gasteiger partial charge in [0.05, 0.1) is 24.2 Å². The van der Waals surface area contributed by atoms with Crippen molar-refractivity contribution in [2.24, 2.45) is 0 Å². The van der Waals surface area contributed by atoms with Crippen molar-refractivity contribution in [1.29, 1.82) is 0 Å². The molecule has 2 rings (SSSR count). The second kappa shape index (κ2) is 7.51. The van der Waals surface area contributed by atoms with Crippen LogP contribution < -0.4 is 5.32 Å². The monoisotopic (exact) mass is 341 g/mol. The van der Waals surface area contributed by atoms with E-state index in [1.165, 1.54) is 12.1 Å². The van der Waals surface area contributed by atoms with Crippen LogP contribution in [0.3, 0.4) is 0 Å². The molecule has 0 saturated carbocycles. The van der Waals surface area contributed by atoms with E-state index in [4.69, 9.17) is 4.74 Å². The van der Waals surface area contributed by atoms with Crippen LogP contribution in [0, 0.1) is 0 Å². The highest BCUT2D eigenvalue weighted by Gasteiger charge is 2.30. The molecular weight excluding hydrogens is 323 g/mol. The van der Waals surface area contributed by atoms with E-state index in [1.807, 2.05) is 0 Å². The summed E-state index contributed by atoms with van der Waals surface area (Å²) in [4.78, 5) is 23.8. The first kappa shape index (κ1) is 18.0. The summed E-state index contributed by atoms with van der Waals surface area (Å²) >= 11 is 0. The van der Waals surface area contributed by atoms with E-state index >= 15 is 0 Å². The Hall–Kier alpha value is -2.31. The molecule has 1 amide bonds. The average molecular weight is 341 g/mol. The zero-order valence-corrected chi connectivity index (χ0v) is 13.2. The Morgan fingerprint density at radius 3 is 2.42 bits per heavy atom.